The molecule has 2 saturated heterocycles. The van der Waals surface area contributed by atoms with Gasteiger partial charge in [-0.05, 0) is 42.7 Å². The number of hydrogen-bond donors (Lipinski definition) is 1. The molecule has 0 unspecified atom stereocenters. The van der Waals surface area contributed by atoms with Gasteiger partial charge in [-0.15, -0.1) is 0 Å². The van der Waals surface area contributed by atoms with Crippen LogP contribution in [0.1, 0.15) is 16.7 Å². The highest BCUT2D eigenvalue weighted by Gasteiger charge is 2.50. The van der Waals surface area contributed by atoms with Crippen molar-refractivity contribution in [3.8, 4) is 0 Å². The first kappa shape index (κ1) is 15.8. The minimum absolute atomic E-state index is 0.137. The zero-order chi connectivity index (χ0) is 16.9. The van der Waals surface area contributed by atoms with E-state index in [-0.39, 0.29) is 17.6 Å². The Morgan fingerprint density at radius 3 is 2.83 bits per heavy atom. The van der Waals surface area contributed by atoms with Gasteiger partial charge in [-0.2, -0.15) is 0 Å². The zero-order valence-corrected chi connectivity index (χ0v) is 14.2. The Hall–Kier alpha value is -1.69. The number of rotatable bonds is 3. The molecule has 0 bridgehead atoms. The van der Waals surface area contributed by atoms with E-state index in [4.69, 9.17) is 9.15 Å². The molecule has 2 fully saturated rings. The number of hydrogen-bond acceptors (Lipinski definition) is 5. The molecule has 1 aromatic carbocycles. The van der Waals surface area contributed by atoms with Crippen molar-refractivity contribution < 1.29 is 14.3 Å². The third-order valence-electron chi connectivity index (χ3n) is 5.75. The van der Waals surface area contributed by atoms with Gasteiger partial charge in [0, 0.05) is 42.4 Å². The lowest BCUT2D eigenvalue weighted by Gasteiger charge is -2.24. The Balaban J connectivity index is 1.68. The van der Waals surface area contributed by atoms with Gasteiger partial charge < -0.3 is 14.3 Å². The molecule has 5 heteroatoms. The number of aliphatic hydroxyl groups excluding tert-OH is 1. The summed E-state index contributed by atoms with van der Waals surface area (Å²) in [6.45, 7) is 7.99. The summed E-state index contributed by atoms with van der Waals surface area (Å²) in [5.41, 5.74) is 3.52. The second kappa shape index (κ2) is 5.69. The Bertz CT molecular complexity index is 843. The van der Waals surface area contributed by atoms with E-state index in [1.165, 1.54) is 5.56 Å². The fourth-order valence-corrected chi connectivity index (χ4v) is 4.14. The van der Waals surface area contributed by atoms with Gasteiger partial charge in [0.1, 0.15) is 5.58 Å². The van der Waals surface area contributed by atoms with Gasteiger partial charge in [-0.1, -0.05) is 0 Å². The molecule has 128 valence electrons. The van der Waals surface area contributed by atoms with E-state index in [0.29, 0.717) is 31.3 Å². The van der Waals surface area contributed by atoms with Crippen LogP contribution in [0.3, 0.4) is 0 Å². The fourth-order valence-electron chi connectivity index (χ4n) is 4.14. The average molecular weight is 329 g/mol. The summed E-state index contributed by atoms with van der Waals surface area (Å²) in [4.78, 5) is 14.3. The van der Waals surface area contributed by atoms with E-state index in [2.05, 4.69) is 17.9 Å². The largest absolute Gasteiger partial charge is 0.423 e. The molecule has 5 nitrogen and oxygen atoms in total. The van der Waals surface area contributed by atoms with Crippen molar-refractivity contribution in [3.05, 3.63) is 45.3 Å². The maximum absolute atomic E-state index is 11.9. The standard InChI is InChI=1S/C19H23NO4/c1-12-3-16-14(5-18(22)24-17(16)4-13(12)2)6-20-7-15-8-23-11-19(15,9-20)10-21/h3-5,15,21H,6-11H2,1-2H3/t15-,19-/m0/s1. The van der Waals surface area contributed by atoms with Crippen molar-refractivity contribution in [1.82, 2.24) is 4.90 Å². The van der Waals surface area contributed by atoms with Crippen molar-refractivity contribution in [3.63, 3.8) is 0 Å². The van der Waals surface area contributed by atoms with Crippen molar-refractivity contribution in [2.75, 3.05) is 32.9 Å². The van der Waals surface area contributed by atoms with Gasteiger partial charge in [-0.25, -0.2) is 4.79 Å². The molecule has 0 aliphatic carbocycles. The van der Waals surface area contributed by atoms with E-state index >= 15 is 0 Å². The molecule has 4 rings (SSSR count). The second-order valence-corrected chi connectivity index (χ2v) is 7.43. The van der Waals surface area contributed by atoms with Crippen molar-refractivity contribution in [2.24, 2.45) is 11.3 Å². The van der Waals surface area contributed by atoms with Crippen LogP contribution in [0.5, 0.6) is 0 Å². The number of benzene rings is 1. The maximum Gasteiger partial charge on any atom is 0.336 e. The Kier molecular flexibility index (Phi) is 3.75. The summed E-state index contributed by atoms with van der Waals surface area (Å²) in [5.74, 6) is 0.373. The molecule has 0 radical (unpaired) electrons. The van der Waals surface area contributed by atoms with Gasteiger partial charge in [0.25, 0.3) is 0 Å². The van der Waals surface area contributed by atoms with Crippen LogP contribution in [-0.4, -0.2) is 42.9 Å². The topological polar surface area (TPSA) is 62.9 Å². The zero-order valence-electron chi connectivity index (χ0n) is 14.2. The van der Waals surface area contributed by atoms with Crippen LogP contribution in [-0.2, 0) is 11.3 Å². The summed E-state index contributed by atoms with van der Waals surface area (Å²) in [5, 5.41) is 10.8. The van der Waals surface area contributed by atoms with Crippen molar-refractivity contribution >= 4 is 11.0 Å². The molecule has 2 atom stereocenters. The summed E-state index contributed by atoms with van der Waals surface area (Å²) < 4.78 is 11.0. The van der Waals surface area contributed by atoms with Crippen LogP contribution in [0, 0.1) is 25.2 Å². The SMILES string of the molecule is Cc1cc2oc(=O)cc(CN3C[C@H]4COC[C@@]4(CO)C3)c2cc1C. The fraction of sp³-hybridized carbons (Fsp3) is 0.526. The molecular formula is C19H23NO4. The Morgan fingerprint density at radius 2 is 2.08 bits per heavy atom. The van der Waals surface area contributed by atoms with Gasteiger partial charge in [-0.3, -0.25) is 4.90 Å². The van der Waals surface area contributed by atoms with E-state index < -0.39 is 0 Å². The lowest BCUT2D eigenvalue weighted by atomic mass is 9.82. The van der Waals surface area contributed by atoms with E-state index in [1.54, 1.807) is 6.07 Å². The number of ether oxygens (including phenoxy) is 1. The summed E-state index contributed by atoms with van der Waals surface area (Å²) in [6.07, 6.45) is 0. The highest BCUT2D eigenvalue weighted by Crippen LogP contribution is 2.41. The molecular weight excluding hydrogens is 306 g/mol. The van der Waals surface area contributed by atoms with Gasteiger partial charge >= 0.3 is 5.63 Å². The smallest absolute Gasteiger partial charge is 0.336 e. The van der Waals surface area contributed by atoms with E-state index in [9.17, 15) is 9.90 Å². The van der Waals surface area contributed by atoms with Crippen LogP contribution in [0.2, 0.25) is 0 Å². The Labute approximate surface area is 140 Å². The predicted octanol–water partition coefficient (Wildman–Crippen LogP) is 1.85. The first-order valence-electron chi connectivity index (χ1n) is 8.46. The molecule has 24 heavy (non-hydrogen) atoms. The number of nitrogens with zero attached hydrogens (tertiary/aromatic N) is 1. The van der Waals surface area contributed by atoms with Crippen LogP contribution >= 0.6 is 0 Å². The van der Waals surface area contributed by atoms with Crippen LogP contribution < -0.4 is 5.63 Å². The van der Waals surface area contributed by atoms with Crippen molar-refractivity contribution in [2.45, 2.75) is 20.4 Å². The van der Waals surface area contributed by atoms with E-state index in [0.717, 1.165) is 29.6 Å². The Morgan fingerprint density at radius 1 is 1.29 bits per heavy atom. The first-order chi connectivity index (χ1) is 11.5. The highest BCUT2D eigenvalue weighted by molar-refractivity contribution is 5.81. The first-order valence-corrected chi connectivity index (χ1v) is 8.46. The van der Waals surface area contributed by atoms with Gasteiger partial charge in [0.05, 0.1) is 19.8 Å². The van der Waals surface area contributed by atoms with Crippen molar-refractivity contribution in [1.29, 1.82) is 0 Å². The molecule has 1 aromatic heterocycles. The third-order valence-corrected chi connectivity index (χ3v) is 5.75. The maximum atomic E-state index is 11.9. The normalized spacial score (nSPS) is 27.0. The second-order valence-electron chi connectivity index (χ2n) is 7.43. The molecule has 3 heterocycles. The molecule has 2 aliphatic heterocycles. The monoisotopic (exact) mass is 329 g/mol. The predicted molar refractivity (Wildman–Crippen MR) is 91.1 cm³/mol. The molecule has 0 spiro atoms. The van der Waals surface area contributed by atoms with E-state index in [1.807, 2.05) is 13.0 Å². The minimum Gasteiger partial charge on any atom is -0.423 e. The summed E-state index contributed by atoms with van der Waals surface area (Å²) >= 11 is 0. The van der Waals surface area contributed by atoms with Gasteiger partial charge in [0.2, 0.25) is 0 Å². The molecule has 0 saturated carbocycles. The molecule has 2 aliphatic rings. The minimum atomic E-state index is -0.305. The van der Waals surface area contributed by atoms with Crippen LogP contribution in [0.15, 0.2) is 27.4 Å². The quantitative estimate of drug-likeness (QED) is 0.871. The molecule has 0 amide bonds. The number of fused-ring (bicyclic) bond motifs is 2. The highest BCUT2D eigenvalue weighted by atomic mass is 16.5. The molecule has 1 N–H and O–H groups in total. The third kappa shape index (κ3) is 2.48. The number of likely N-dealkylation sites (tertiary alicyclic amines) is 1. The van der Waals surface area contributed by atoms with Crippen LogP contribution in [0.4, 0.5) is 0 Å². The lowest BCUT2D eigenvalue weighted by molar-refractivity contribution is 0.0803. The van der Waals surface area contributed by atoms with Gasteiger partial charge in [0.15, 0.2) is 0 Å². The number of aryl methyl sites for hydroxylation is 2. The number of aliphatic hydroxyl groups is 1. The average Bonchev–Trinajstić information content (AvgIpc) is 3.06. The molecule has 2 aromatic rings. The summed E-state index contributed by atoms with van der Waals surface area (Å²) in [7, 11) is 0. The summed E-state index contributed by atoms with van der Waals surface area (Å²) in [6, 6.07) is 5.65. The lowest BCUT2D eigenvalue weighted by Crippen LogP contribution is -2.34. The van der Waals surface area contributed by atoms with Crippen LogP contribution in [0.25, 0.3) is 11.0 Å².